The van der Waals surface area contributed by atoms with Crippen LogP contribution in [-0.2, 0) is 5.41 Å². The van der Waals surface area contributed by atoms with Gasteiger partial charge in [-0.2, -0.15) is 10.5 Å². The Morgan fingerprint density at radius 3 is 2.73 bits per heavy atom. The predicted molar refractivity (Wildman–Crippen MR) is 81.3 cm³/mol. The average molecular weight is 310 g/mol. The lowest BCUT2D eigenvalue weighted by Gasteiger charge is -2.11. The number of benzene rings is 1. The summed E-state index contributed by atoms with van der Waals surface area (Å²) >= 11 is 5.83. The summed E-state index contributed by atoms with van der Waals surface area (Å²) in [4.78, 5) is 4.25. The third-order valence-electron chi connectivity index (χ3n) is 3.92. The summed E-state index contributed by atoms with van der Waals surface area (Å²) in [7, 11) is 0. The first-order valence-electron chi connectivity index (χ1n) is 6.85. The molecule has 1 aromatic heterocycles. The van der Waals surface area contributed by atoms with Gasteiger partial charge in [0.2, 0.25) is 0 Å². The number of pyridine rings is 1. The lowest BCUT2D eigenvalue weighted by atomic mass is 9.96. The predicted octanol–water partition coefficient (Wildman–Crippen LogP) is 3.47. The van der Waals surface area contributed by atoms with Crippen molar-refractivity contribution in [3.8, 4) is 17.9 Å². The minimum absolute atomic E-state index is 0.0372. The molecule has 0 bridgehead atoms. The van der Waals surface area contributed by atoms with E-state index in [1.165, 1.54) is 0 Å². The van der Waals surface area contributed by atoms with E-state index in [9.17, 15) is 10.5 Å². The highest BCUT2D eigenvalue weighted by Crippen LogP contribution is 2.54. The molecule has 3 rings (SSSR count). The summed E-state index contributed by atoms with van der Waals surface area (Å²) in [5, 5.41) is 19.4. The summed E-state index contributed by atoms with van der Waals surface area (Å²) < 4.78 is 5.72. The molecule has 5 heteroatoms. The van der Waals surface area contributed by atoms with Gasteiger partial charge < -0.3 is 4.74 Å². The molecule has 2 atom stereocenters. The third-order valence-corrected chi connectivity index (χ3v) is 4.17. The number of nitrogens with zero attached hydrogens (tertiary/aromatic N) is 3. The molecule has 1 aromatic carbocycles. The molecular formula is C17H12ClN3O. The van der Waals surface area contributed by atoms with E-state index in [0.717, 1.165) is 0 Å². The van der Waals surface area contributed by atoms with Crippen molar-refractivity contribution in [2.75, 3.05) is 6.61 Å². The van der Waals surface area contributed by atoms with Crippen LogP contribution in [0.1, 0.15) is 17.7 Å². The molecule has 2 aromatic rings. The van der Waals surface area contributed by atoms with E-state index in [4.69, 9.17) is 16.3 Å². The van der Waals surface area contributed by atoms with E-state index >= 15 is 0 Å². The standard InChI is InChI=1S/C17H12ClN3O/c18-14-3-5-15(6-4-14)22-10-13-8-17(13,11-20)16-12(9-19)2-1-7-21-16/h1-7,13H,8,10H2/t13-,17-/m0/s1. The first-order chi connectivity index (χ1) is 10.7. The monoisotopic (exact) mass is 309 g/mol. The molecule has 108 valence electrons. The minimum atomic E-state index is -0.710. The number of hydrogen-bond donors (Lipinski definition) is 0. The van der Waals surface area contributed by atoms with Crippen LogP contribution in [0.5, 0.6) is 5.75 Å². The molecule has 1 aliphatic carbocycles. The second-order valence-electron chi connectivity index (χ2n) is 5.26. The van der Waals surface area contributed by atoms with Crippen LogP contribution in [0.2, 0.25) is 5.02 Å². The zero-order valence-corrected chi connectivity index (χ0v) is 12.4. The smallest absolute Gasteiger partial charge is 0.119 e. The maximum absolute atomic E-state index is 9.56. The number of rotatable bonds is 4. The van der Waals surface area contributed by atoms with Gasteiger partial charge in [-0.25, -0.2) is 0 Å². The molecule has 22 heavy (non-hydrogen) atoms. The van der Waals surface area contributed by atoms with E-state index in [1.807, 2.05) is 0 Å². The van der Waals surface area contributed by atoms with E-state index in [2.05, 4.69) is 17.1 Å². The Labute approximate surface area is 133 Å². The Kier molecular flexibility index (Phi) is 3.71. The number of halogens is 1. The van der Waals surface area contributed by atoms with Crippen molar-refractivity contribution in [3.05, 3.63) is 58.9 Å². The summed E-state index contributed by atoms with van der Waals surface area (Å²) in [6.45, 7) is 0.413. The van der Waals surface area contributed by atoms with Crippen molar-refractivity contribution in [2.24, 2.45) is 5.92 Å². The summed E-state index contributed by atoms with van der Waals surface area (Å²) in [5.74, 6) is 0.750. The highest BCUT2D eigenvalue weighted by molar-refractivity contribution is 6.30. The topological polar surface area (TPSA) is 69.7 Å². The Bertz CT molecular complexity index is 776. The van der Waals surface area contributed by atoms with Gasteiger partial charge in [-0.05, 0) is 42.8 Å². The normalized spacial score (nSPS) is 22.4. The minimum Gasteiger partial charge on any atom is -0.493 e. The number of ether oxygens (including phenoxy) is 1. The van der Waals surface area contributed by atoms with Gasteiger partial charge in [0, 0.05) is 17.1 Å². The number of hydrogen-bond acceptors (Lipinski definition) is 4. The lowest BCUT2D eigenvalue weighted by molar-refractivity contribution is 0.291. The Morgan fingerprint density at radius 2 is 2.05 bits per heavy atom. The van der Waals surface area contributed by atoms with Crippen molar-refractivity contribution in [3.63, 3.8) is 0 Å². The Morgan fingerprint density at radius 1 is 1.27 bits per heavy atom. The van der Waals surface area contributed by atoms with Gasteiger partial charge in [-0.15, -0.1) is 0 Å². The van der Waals surface area contributed by atoms with Gasteiger partial charge >= 0.3 is 0 Å². The lowest BCUT2D eigenvalue weighted by Crippen LogP contribution is -2.15. The molecule has 0 radical (unpaired) electrons. The van der Waals surface area contributed by atoms with Crippen LogP contribution in [0.4, 0.5) is 0 Å². The van der Waals surface area contributed by atoms with Crippen LogP contribution < -0.4 is 4.74 Å². The second-order valence-corrected chi connectivity index (χ2v) is 5.70. The van der Waals surface area contributed by atoms with Crippen LogP contribution in [0, 0.1) is 28.6 Å². The SMILES string of the molecule is N#Cc1cccnc1[C@]1(C#N)C[C@H]1COc1ccc(Cl)cc1. The molecule has 1 aliphatic rings. The zero-order chi connectivity index (χ0) is 15.6. The van der Waals surface area contributed by atoms with Gasteiger partial charge in [-0.3, -0.25) is 4.98 Å². The van der Waals surface area contributed by atoms with E-state index < -0.39 is 5.41 Å². The van der Waals surface area contributed by atoms with Crippen LogP contribution in [0.15, 0.2) is 42.6 Å². The largest absolute Gasteiger partial charge is 0.493 e. The second kappa shape index (κ2) is 5.67. The van der Waals surface area contributed by atoms with Crippen LogP contribution >= 0.6 is 11.6 Å². The average Bonchev–Trinajstić information content (AvgIpc) is 3.29. The van der Waals surface area contributed by atoms with Crippen LogP contribution in [-0.4, -0.2) is 11.6 Å². The first-order valence-corrected chi connectivity index (χ1v) is 7.22. The van der Waals surface area contributed by atoms with Gasteiger partial charge in [0.1, 0.15) is 17.2 Å². The fourth-order valence-corrected chi connectivity index (χ4v) is 2.72. The molecule has 0 N–H and O–H groups in total. The third kappa shape index (κ3) is 2.50. The fourth-order valence-electron chi connectivity index (χ4n) is 2.59. The van der Waals surface area contributed by atoms with E-state index in [1.54, 1.807) is 42.6 Å². The van der Waals surface area contributed by atoms with Crippen molar-refractivity contribution < 1.29 is 4.74 Å². The van der Waals surface area contributed by atoms with Crippen LogP contribution in [0.3, 0.4) is 0 Å². The number of aromatic nitrogens is 1. The van der Waals surface area contributed by atoms with E-state index in [0.29, 0.717) is 35.1 Å². The van der Waals surface area contributed by atoms with Crippen LogP contribution in [0.25, 0.3) is 0 Å². The van der Waals surface area contributed by atoms with Crippen molar-refractivity contribution in [2.45, 2.75) is 11.8 Å². The fraction of sp³-hybridized carbons (Fsp3) is 0.235. The van der Waals surface area contributed by atoms with Gasteiger partial charge in [0.25, 0.3) is 0 Å². The number of nitriles is 2. The summed E-state index contributed by atoms with van der Waals surface area (Å²) in [6, 6.07) is 14.9. The van der Waals surface area contributed by atoms with Crippen molar-refractivity contribution in [1.82, 2.24) is 4.98 Å². The molecule has 0 aliphatic heterocycles. The molecule has 0 spiro atoms. The first kappa shape index (κ1) is 14.4. The highest BCUT2D eigenvalue weighted by Gasteiger charge is 2.58. The van der Waals surface area contributed by atoms with Gasteiger partial charge in [0.05, 0.1) is 23.9 Å². The molecule has 0 amide bonds. The molecule has 4 nitrogen and oxygen atoms in total. The Balaban J connectivity index is 1.74. The van der Waals surface area contributed by atoms with Crippen molar-refractivity contribution in [1.29, 1.82) is 10.5 Å². The molecule has 1 fully saturated rings. The van der Waals surface area contributed by atoms with Gasteiger partial charge in [0.15, 0.2) is 0 Å². The molecule has 1 heterocycles. The quantitative estimate of drug-likeness (QED) is 0.867. The highest BCUT2D eigenvalue weighted by atomic mass is 35.5. The summed E-state index contributed by atoms with van der Waals surface area (Å²) in [5.41, 5.74) is 0.307. The Hall–Kier alpha value is -2.56. The van der Waals surface area contributed by atoms with Crippen molar-refractivity contribution >= 4 is 11.6 Å². The van der Waals surface area contributed by atoms with E-state index in [-0.39, 0.29) is 5.92 Å². The molecule has 1 saturated carbocycles. The maximum atomic E-state index is 9.56. The van der Waals surface area contributed by atoms with Gasteiger partial charge in [-0.1, -0.05) is 11.6 Å². The zero-order valence-electron chi connectivity index (χ0n) is 11.7. The maximum Gasteiger partial charge on any atom is 0.119 e. The molecular weight excluding hydrogens is 298 g/mol. The molecule has 0 unspecified atom stereocenters. The molecule has 0 saturated heterocycles. The summed E-state index contributed by atoms with van der Waals surface area (Å²) in [6.07, 6.45) is 2.27.